The van der Waals surface area contributed by atoms with Gasteiger partial charge in [0.25, 0.3) is 5.91 Å². The first-order chi connectivity index (χ1) is 11.0. The minimum absolute atomic E-state index is 0.199. The van der Waals surface area contributed by atoms with Crippen molar-refractivity contribution in [2.45, 2.75) is 6.42 Å². The predicted octanol–water partition coefficient (Wildman–Crippen LogP) is 3.67. The van der Waals surface area contributed by atoms with Gasteiger partial charge in [-0.3, -0.25) is 9.59 Å². The summed E-state index contributed by atoms with van der Waals surface area (Å²) in [5.41, 5.74) is 1.23. The van der Waals surface area contributed by atoms with E-state index in [1.54, 1.807) is 55.6 Å². The zero-order chi connectivity index (χ0) is 16.8. The Bertz CT molecular complexity index is 763. The summed E-state index contributed by atoms with van der Waals surface area (Å²) in [6, 6.07) is 15.8. The summed E-state index contributed by atoms with van der Waals surface area (Å²) in [4.78, 5) is 26.7. The molecule has 0 fully saturated rings. The lowest BCUT2D eigenvalue weighted by molar-refractivity contribution is 0.0793. The molecule has 0 aliphatic heterocycles. The number of carbonyl (C=O) groups is 2. The van der Waals surface area contributed by atoms with Gasteiger partial charge < -0.3 is 4.90 Å². The standard InChI is InChI=1S/C18H15BrN2O2/c1-21(12-4-11-20)18(23)16-6-3-2-5-15(16)17(22)13-7-9-14(19)10-8-13/h2-3,5-10H,4,12H2,1H3. The number of carbonyl (C=O) groups excluding carboxylic acids is 2. The molecule has 0 unspecified atom stereocenters. The van der Waals surface area contributed by atoms with Crippen LogP contribution in [0.5, 0.6) is 0 Å². The van der Waals surface area contributed by atoms with Gasteiger partial charge in [0, 0.05) is 29.2 Å². The summed E-state index contributed by atoms with van der Waals surface area (Å²) >= 11 is 3.33. The molecule has 0 aliphatic carbocycles. The zero-order valence-electron chi connectivity index (χ0n) is 12.6. The van der Waals surface area contributed by atoms with Crippen molar-refractivity contribution in [3.05, 3.63) is 69.7 Å². The first kappa shape index (κ1) is 16.9. The molecule has 0 saturated heterocycles. The maximum atomic E-state index is 12.7. The van der Waals surface area contributed by atoms with Crippen molar-refractivity contribution in [3.8, 4) is 6.07 Å². The normalized spacial score (nSPS) is 9.96. The summed E-state index contributed by atoms with van der Waals surface area (Å²) in [6.07, 6.45) is 0.255. The number of nitrogens with zero attached hydrogens (tertiary/aromatic N) is 2. The highest BCUT2D eigenvalue weighted by molar-refractivity contribution is 9.10. The molecule has 23 heavy (non-hydrogen) atoms. The molecule has 0 aliphatic rings. The van der Waals surface area contributed by atoms with E-state index in [9.17, 15) is 9.59 Å². The van der Waals surface area contributed by atoms with E-state index in [0.717, 1.165) is 4.47 Å². The molecule has 0 bridgehead atoms. The summed E-state index contributed by atoms with van der Waals surface area (Å²) in [7, 11) is 1.63. The largest absolute Gasteiger partial charge is 0.341 e. The van der Waals surface area contributed by atoms with Gasteiger partial charge in [-0.05, 0) is 30.3 Å². The van der Waals surface area contributed by atoms with Crippen LogP contribution in [0.2, 0.25) is 0 Å². The van der Waals surface area contributed by atoms with Crippen LogP contribution in [0.15, 0.2) is 53.0 Å². The van der Waals surface area contributed by atoms with Crippen molar-refractivity contribution in [1.29, 1.82) is 5.26 Å². The monoisotopic (exact) mass is 370 g/mol. The van der Waals surface area contributed by atoms with Crippen LogP contribution in [0.3, 0.4) is 0 Å². The van der Waals surface area contributed by atoms with E-state index in [-0.39, 0.29) is 18.1 Å². The number of hydrogen-bond donors (Lipinski definition) is 0. The van der Waals surface area contributed by atoms with Gasteiger partial charge in [-0.2, -0.15) is 5.26 Å². The highest BCUT2D eigenvalue weighted by Gasteiger charge is 2.20. The lowest BCUT2D eigenvalue weighted by Gasteiger charge is -2.17. The summed E-state index contributed by atoms with van der Waals surface area (Å²) in [5, 5.41) is 8.64. The van der Waals surface area contributed by atoms with Crippen LogP contribution in [0, 0.1) is 11.3 Å². The number of rotatable bonds is 5. The second-order valence-electron chi connectivity index (χ2n) is 5.02. The van der Waals surface area contributed by atoms with Crippen molar-refractivity contribution in [3.63, 3.8) is 0 Å². The Morgan fingerprint density at radius 1 is 1.09 bits per heavy atom. The fourth-order valence-corrected chi connectivity index (χ4v) is 2.41. The third kappa shape index (κ3) is 4.05. The molecule has 0 saturated carbocycles. The van der Waals surface area contributed by atoms with Crippen molar-refractivity contribution in [2.24, 2.45) is 0 Å². The first-order valence-corrected chi connectivity index (χ1v) is 7.85. The maximum absolute atomic E-state index is 12.7. The maximum Gasteiger partial charge on any atom is 0.254 e. The average molecular weight is 371 g/mol. The molecular weight excluding hydrogens is 356 g/mol. The third-order valence-electron chi connectivity index (χ3n) is 3.41. The van der Waals surface area contributed by atoms with E-state index in [1.165, 1.54) is 4.90 Å². The van der Waals surface area contributed by atoms with Crippen molar-refractivity contribution < 1.29 is 9.59 Å². The van der Waals surface area contributed by atoms with Crippen LogP contribution < -0.4 is 0 Å². The van der Waals surface area contributed by atoms with E-state index < -0.39 is 0 Å². The molecule has 0 N–H and O–H groups in total. The number of halogens is 1. The van der Waals surface area contributed by atoms with Crippen molar-refractivity contribution >= 4 is 27.6 Å². The number of nitriles is 1. The number of hydrogen-bond acceptors (Lipinski definition) is 3. The summed E-state index contributed by atoms with van der Waals surface area (Å²) < 4.78 is 0.884. The minimum atomic E-state index is -0.263. The van der Waals surface area contributed by atoms with Crippen LogP contribution in [0.1, 0.15) is 32.7 Å². The van der Waals surface area contributed by atoms with E-state index in [0.29, 0.717) is 23.2 Å². The van der Waals surface area contributed by atoms with Crippen LogP contribution in [-0.2, 0) is 0 Å². The SMILES string of the molecule is CN(CCC#N)C(=O)c1ccccc1C(=O)c1ccc(Br)cc1. The molecular formula is C18H15BrN2O2. The highest BCUT2D eigenvalue weighted by Crippen LogP contribution is 2.18. The Balaban J connectivity index is 2.34. The molecule has 2 aromatic carbocycles. The van der Waals surface area contributed by atoms with Gasteiger partial charge in [0.05, 0.1) is 18.1 Å². The second kappa shape index (κ2) is 7.70. The minimum Gasteiger partial charge on any atom is -0.341 e. The van der Waals surface area contributed by atoms with Gasteiger partial charge in [0.15, 0.2) is 5.78 Å². The van der Waals surface area contributed by atoms with Gasteiger partial charge in [-0.25, -0.2) is 0 Å². The highest BCUT2D eigenvalue weighted by atomic mass is 79.9. The van der Waals surface area contributed by atoms with Crippen LogP contribution in [-0.4, -0.2) is 30.2 Å². The molecule has 0 spiro atoms. The Labute approximate surface area is 143 Å². The van der Waals surface area contributed by atoms with Gasteiger partial charge in [0.2, 0.25) is 0 Å². The lowest BCUT2D eigenvalue weighted by Crippen LogP contribution is -2.29. The van der Waals surface area contributed by atoms with Gasteiger partial charge in [-0.15, -0.1) is 0 Å². The van der Waals surface area contributed by atoms with Crippen LogP contribution in [0.4, 0.5) is 0 Å². The Kier molecular flexibility index (Phi) is 5.67. The van der Waals surface area contributed by atoms with E-state index in [4.69, 9.17) is 5.26 Å². The van der Waals surface area contributed by atoms with Crippen molar-refractivity contribution in [1.82, 2.24) is 4.90 Å². The van der Waals surface area contributed by atoms with E-state index in [1.807, 2.05) is 6.07 Å². The fourth-order valence-electron chi connectivity index (χ4n) is 2.15. The summed E-state index contributed by atoms with van der Waals surface area (Å²) in [6.45, 7) is 0.330. The Hall–Kier alpha value is -2.45. The van der Waals surface area contributed by atoms with E-state index >= 15 is 0 Å². The number of benzene rings is 2. The fraction of sp³-hybridized carbons (Fsp3) is 0.167. The second-order valence-corrected chi connectivity index (χ2v) is 5.93. The molecule has 2 aromatic rings. The van der Waals surface area contributed by atoms with E-state index in [2.05, 4.69) is 15.9 Å². The molecule has 5 heteroatoms. The molecule has 0 radical (unpaired) electrons. The molecule has 4 nitrogen and oxygen atoms in total. The molecule has 0 atom stereocenters. The number of amides is 1. The zero-order valence-corrected chi connectivity index (χ0v) is 14.2. The smallest absolute Gasteiger partial charge is 0.254 e. The molecule has 1 amide bonds. The van der Waals surface area contributed by atoms with Crippen LogP contribution >= 0.6 is 15.9 Å². The Morgan fingerprint density at radius 3 is 2.30 bits per heavy atom. The summed E-state index contributed by atoms with van der Waals surface area (Å²) in [5.74, 6) is -0.462. The molecule has 0 aromatic heterocycles. The third-order valence-corrected chi connectivity index (χ3v) is 3.94. The Morgan fingerprint density at radius 2 is 1.70 bits per heavy atom. The van der Waals surface area contributed by atoms with Gasteiger partial charge >= 0.3 is 0 Å². The quantitative estimate of drug-likeness (QED) is 0.754. The molecule has 0 heterocycles. The first-order valence-electron chi connectivity index (χ1n) is 7.06. The van der Waals surface area contributed by atoms with Gasteiger partial charge in [-0.1, -0.05) is 34.1 Å². The predicted molar refractivity (Wildman–Crippen MR) is 91.2 cm³/mol. The average Bonchev–Trinajstić information content (AvgIpc) is 2.59. The topological polar surface area (TPSA) is 61.2 Å². The van der Waals surface area contributed by atoms with Crippen LogP contribution in [0.25, 0.3) is 0 Å². The molecule has 2 rings (SSSR count). The van der Waals surface area contributed by atoms with Gasteiger partial charge in [0.1, 0.15) is 0 Å². The molecule has 116 valence electrons. The number of ketones is 1. The lowest BCUT2D eigenvalue weighted by atomic mass is 9.97. The van der Waals surface area contributed by atoms with Crippen molar-refractivity contribution in [2.75, 3.05) is 13.6 Å².